The van der Waals surface area contributed by atoms with Crippen LogP contribution in [0.1, 0.15) is 6.92 Å². The highest BCUT2D eigenvalue weighted by Gasteiger charge is 2.15. The van der Waals surface area contributed by atoms with Gasteiger partial charge in [-0.15, -0.1) is 0 Å². The fourth-order valence-electron chi connectivity index (χ4n) is 0.738. The number of urea groups is 1. The van der Waals surface area contributed by atoms with Crippen molar-refractivity contribution in [1.29, 1.82) is 0 Å². The predicted molar refractivity (Wildman–Crippen MR) is 52.2 cm³/mol. The van der Waals surface area contributed by atoms with Gasteiger partial charge in [-0.3, -0.25) is 4.79 Å². The molecule has 0 fully saturated rings. The summed E-state index contributed by atoms with van der Waals surface area (Å²) in [5.41, 5.74) is 0. The van der Waals surface area contributed by atoms with E-state index in [9.17, 15) is 9.59 Å². The first-order valence-corrected chi connectivity index (χ1v) is 4.38. The van der Waals surface area contributed by atoms with Crippen molar-refractivity contribution in [3.63, 3.8) is 0 Å². The first-order valence-electron chi connectivity index (χ1n) is 4.38. The van der Waals surface area contributed by atoms with Gasteiger partial charge in [0, 0.05) is 20.1 Å². The van der Waals surface area contributed by atoms with Gasteiger partial charge in [-0.25, -0.2) is 4.79 Å². The van der Waals surface area contributed by atoms with Gasteiger partial charge < -0.3 is 20.6 Å². The van der Waals surface area contributed by atoms with Crippen molar-refractivity contribution in [2.75, 3.05) is 27.2 Å². The standard InChI is InChI=1S/C8H17N3O3/c1-6(7(12)13)10-8(14)11(3)5-4-9-2/h6,9H,4-5H2,1-3H3,(H,10,14)(H,12,13)/t6-/m1/s1. The fourth-order valence-corrected chi connectivity index (χ4v) is 0.738. The first kappa shape index (κ1) is 12.7. The minimum atomic E-state index is -1.04. The zero-order chi connectivity index (χ0) is 11.1. The van der Waals surface area contributed by atoms with Gasteiger partial charge in [0.15, 0.2) is 0 Å². The van der Waals surface area contributed by atoms with Crippen LogP contribution in [-0.2, 0) is 4.79 Å². The Morgan fingerprint density at radius 1 is 1.50 bits per heavy atom. The normalized spacial score (nSPS) is 11.9. The van der Waals surface area contributed by atoms with Gasteiger partial charge in [0.2, 0.25) is 0 Å². The summed E-state index contributed by atoms with van der Waals surface area (Å²) in [5, 5.41) is 13.8. The maximum absolute atomic E-state index is 11.3. The third-order valence-electron chi connectivity index (χ3n) is 1.75. The number of carboxylic acid groups (broad SMARTS) is 1. The number of hydrogen-bond donors (Lipinski definition) is 3. The van der Waals surface area contributed by atoms with E-state index in [4.69, 9.17) is 5.11 Å². The van der Waals surface area contributed by atoms with Crippen LogP contribution in [0.5, 0.6) is 0 Å². The maximum atomic E-state index is 11.3. The van der Waals surface area contributed by atoms with E-state index in [1.807, 2.05) is 0 Å². The third kappa shape index (κ3) is 4.66. The molecule has 2 amide bonds. The van der Waals surface area contributed by atoms with Crippen molar-refractivity contribution >= 4 is 12.0 Å². The molecule has 82 valence electrons. The molecule has 6 nitrogen and oxygen atoms in total. The summed E-state index contributed by atoms with van der Waals surface area (Å²) in [6.45, 7) is 2.63. The van der Waals surface area contributed by atoms with Crippen LogP contribution in [-0.4, -0.2) is 55.2 Å². The molecule has 6 heteroatoms. The molecule has 0 aliphatic heterocycles. The SMILES string of the molecule is CNCCN(C)C(=O)N[C@H](C)C(=O)O. The Morgan fingerprint density at radius 3 is 2.50 bits per heavy atom. The van der Waals surface area contributed by atoms with Crippen molar-refractivity contribution in [3.05, 3.63) is 0 Å². The molecule has 0 aromatic carbocycles. The number of rotatable bonds is 5. The minimum Gasteiger partial charge on any atom is -0.480 e. The van der Waals surface area contributed by atoms with E-state index in [2.05, 4.69) is 10.6 Å². The highest BCUT2D eigenvalue weighted by molar-refractivity contribution is 5.82. The van der Waals surface area contributed by atoms with Gasteiger partial charge in [-0.2, -0.15) is 0 Å². The van der Waals surface area contributed by atoms with Gasteiger partial charge in [0.1, 0.15) is 6.04 Å². The zero-order valence-corrected chi connectivity index (χ0v) is 8.70. The minimum absolute atomic E-state index is 0.379. The Hall–Kier alpha value is -1.30. The number of aliphatic carboxylic acids is 1. The molecule has 0 radical (unpaired) electrons. The number of nitrogens with one attached hydrogen (secondary N) is 2. The summed E-state index contributed by atoms with van der Waals surface area (Å²) in [5.74, 6) is -1.04. The molecule has 0 bridgehead atoms. The monoisotopic (exact) mass is 203 g/mol. The molecule has 3 N–H and O–H groups in total. The Labute approximate surface area is 83.3 Å². The summed E-state index contributed by atoms with van der Waals surface area (Å²) in [6.07, 6.45) is 0. The summed E-state index contributed by atoms with van der Waals surface area (Å²) in [4.78, 5) is 23.1. The van der Waals surface area contributed by atoms with Gasteiger partial charge in [-0.05, 0) is 14.0 Å². The summed E-state index contributed by atoms with van der Waals surface area (Å²) < 4.78 is 0. The molecule has 0 aromatic heterocycles. The lowest BCUT2D eigenvalue weighted by atomic mass is 10.3. The third-order valence-corrected chi connectivity index (χ3v) is 1.75. The van der Waals surface area contributed by atoms with Gasteiger partial charge in [0.05, 0.1) is 0 Å². The topological polar surface area (TPSA) is 81.7 Å². The van der Waals surface area contributed by atoms with Gasteiger partial charge in [-0.1, -0.05) is 0 Å². The van der Waals surface area contributed by atoms with Crippen molar-refractivity contribution in [2.45, 2.75) is 13.0 Å². The molecule has 0 heterocycles. The molecule has 0 unspecified atom stereocenters. The molecule has 0 rings (SSSR count). The molecule has 0 saturated heterocycles. The molecule has 0 aliphatic rings. The molecular formula is C8H17N3O3. The molecule has 1 atom stereocenters. The quantitative estimate of drug-likeness (QED) is 0.553. The Kier molecular flexibility index (Phi) is 5.62. The second-order valence-corrected chi connectivity index (χ2v) is 3.03. The number of nitrogens with zero attached hydrogens (tertiary/aromatic N) is 1. The van der Waals surface area contributed by atoms with E-state index in [0.717, 1.165) is 0 Å². The van der Waals surface area contributed by atoms with Crippen LogP contribution in [0.25, 0.3) is 0 Å². The summed E-state index contributed by atoms with van der Waals surface area (Å²) in [7, 11) is 3.40. The molecule has 14 heavy (non-hydrogen) atoms. The zero-order valence-electron chi connectivity index (χ0n) is 8.70. The van der Waals surface area contributed by atoms with Crippen LogP contribution in [0.4, 0.5) is 4.79 Å². The van der Waals surface area contributed by atoms with E-state index in [1.165, 1.54) is 11.8 Å². The van der Waals surface area contributed by atoms with Crippen LogP contribution in [0.2, 0.25) is 0 Å². The average molecular weight is 203 g/mol. The lowest BCUT2D eigenvalue weighted by molar-refractivity contribution is -0.138. The second kappa shape index (κ2) is 6.20. The number of carbonyl (C=O) groups excluding carboxylic acids is 1. The molecule has 0 saturated carbocycles. The Balaban J connectivity index is 3.88. The second-order valence-electron chi connectivity index (χ2n) is 3.03. The highest BCUT2D eigenvalue weighted by Crippen LogP contribution is 1.87. The molecule has 0 spiro atoms. The van der Waals surface area contributed by atoms with Crippen molar-refractivity contribution in [1.82, 2.24) is 15.5 Å². The van der Waals surface area contributed by atoms with Crippen LogP contribution < -0.4 is 10.6 Å². The lowest BCUT2D eigenvalue weighted by Gasteiger charge is -2.19. The van der Waals surface area contributed by atoms with Crippen LogP contribution >= 0.6 is 0 Å². The van der Waals surface area contributed by atoms with Crippen LogP contribution in [0, 0.1) is 0 Å². The average Bonchev–Trinajstić information content (AvgIpc) is 2.13. The van der Waals surface area contributed by atoms with Crippen LogP contribution in [0.15, 0.2) is 0 Å². The first-order chi connectivity index (χ1) is 6.49. The Morgan fingerprint density at radius 2 is 2.07 bits per heavy atom. The van der Waals surface area contributed by atoms with Crippen molar-refractivity contribution in [3.8, 4) is 0 Å². The molecule has 0 aliphatic carbocycles. The predicted octanol–water partition coefficient (Wildman–Crippen LogP) is -0.680. The van der Waals surface area contributed by atoms with E-state index in [0.29, 0.717) is 13.1 Å². The van der Waals surface area contributed by atoms with Gasteiger partial charge >= 0.3 is 12.0 Å². The highest BCUT2D eigenvalue weighted by atomic mass is 16.4. The summed E-state index contributed by atoms with van der Waals surface area (Å²) >= 11 is 0. The molecular weight excluding hydrogens is 186 g/mol. The van der Waals surface area contributed by atoms with Crippen molar-refractivity contribution in [2.24, 2.45) is 0 Å². The number of carboxylic acids is 1. The molecule has 0 aromatic rings. The largest absolute Gasteiger partial charge is 0.480 e. The fraction of sp³-hybridized carbons (Fsp3) is 0.750. The van der Waals surface area contributed by atoms with E-state index in [1.54, 1.807) is 14.1 Å². The maximum Gasteiger partial charge on any atom is 0.325 e. The van der Waals surface area contributed by atoms with Crippen LogP contribution in [0.3, 0.4) is 0 Å². The lowest BCUT2D eigenvalue weighted by Crippen LogP contribution is -2.46. The summed E-state index contributed by atoms with van der Waals surface area (Å²) in [6, 6.07) is -1.24. The number of hydrogen-bond acceptors (Lipinski definition) is 3. The van der Waals surface area contributed by atoms with E-state index in [-0.39, 0.29) is 6.03 Å². The van der Waals surface area contributed by atoms with Gasteiger partial charge in [0.25, 0.3) is 0 Å². The number of likely N-dealkylation sites (N-methyl/N-ethyl adjacent to an activating group) is 2. The van der Waals surface area contributed by atoms with Crippen molar-refractivity contribution < 1.29 is 14.7 Å². The smallest absolute Gasteiger partial charge is 0.325 e. The van der Waals surface area contributed by atoms with E-state index < -0.39 is 12.0 Å². The number of carbonyl (C=O) groups is 2. The van der Waals surface area contributed by atoms with E-state index >= 15 is 0 Å². The number of amides is 2. The Bertz CT molecular complexity index is 208.